The number of carbonyl (C=O) groups is 2. The second-order valence-electron chi connectivity index (χ2n) is 6.99. The minimum atomic E-state index is -0.837. The number of hydrazone groups is 1. The first kappa shape index (κ1) is 21.4. The standard InChI is InChI=1S/C23H16Cl3N3O2/c24-17-9-6-14(7-10-17)21-20(27-22(30)15-4-2-1-3-5-15)23(31)28-29(21)13-16-8-11-18(25)12-19(16)26/h1-13,20-21H,(H-,27,28,30,31)/p+1/b29-13-/t20-,21+/m1/s1. The molecule has 3 aromatic rings. The van der Waals surface area contributed by atoms with Crippen molar-refractivity contribution in [2.24, 2.45) is 0 Å². The van der Waals surface area contributed by atoms with E-state index in [1.807, 2.05) is 18.2 Å². The number of hydrogen-bond donors (Lipinski definition) is 2. The highest BCUT2D eigenvalue weighted by Crippen LogP contribution is 2.28. The van der Waals surface area contributed by atoms with Crippen LogP contribution in [0.3, 0.4) is 0 Å². The van der Waals surface area contributed by atoms with Crippen molar-refractivity contribution in [3.8, 4) is 0 Å². The maximum absolute atomic E-state index is 12.9. The van der Waals surface area contributed by atoms with E-state index in [0.29, 0.717) is 26.2 Å². The fourth-order valence-electron chi connectivity index (χ4n) is 3.41. The third-order valence-corrected chi connectivity index (χ3v) is 5.73. The summed E-state index contributed by atoms with van der Waals surface area (Å²) in [7, 11) is 0. The van der Waals surface area contributed by atoms with Crippen LogP contribution in [0.2, 0.25) is 15.1 Å². The molecule has 8 heteroatoms. The molecule has 0 aromatic heterocycles. The van der Waals surface area contributed by atoms with E-state index in [1.54, 1.807) is 65.5 Å². The Morgan fingerprint density at radius 1 is 0.935 bits per heavy atom. The zero-order valence-corrected chi connectivity index (χ0v) is 18.3. The molecule has 31 heavy (non-hydrogen) atoms. The maximum atomic E-state index is 12.9. The lowest BCUT2D eigenvalue weighted by atomic mass is 10.00. The topological polar surface area (TPSA) is 61.2 Å². The largest absolute Gasteiger partial charge is 0.334 e. The van der Waals surface area contributed by atoms with Gasteiger partial charge in [0.05, 0.1) is 10.6 Å². The van der Waals surface area contributed by atoms with Crippen molar-refractivity contribution >= 4 is 52.8 Å². The van der Waals surface area contributed by atoms with Gasteiger partial charge in [0, 0.05) is 21.2 Å². The van der Waals surface area contributed by atoms with E-state index in [4.69, 9.17) is 34.8 Å². The quantitative estimate of drug-likeness (QED) is 0.541. The van der Waals surface area contributed by atoms with Crippen molar-refractivity contribution in [1.29, 1.82) is 0 Å². The van der Waals surface area contributed by atoms with Gasteiger partial charge in [0.2, 0.25) is 12.3 Å². The summed E-state index contributed by atoms with van der Waals surface area (Å²) in [6.45, 7) is 0. The molecule has 2 amide bonds. The van der Waals surface area contributed by atoms with E-state index < -0.39 is 12.1 Å². The van der Waals surface area contributed by atoms with Gasteiger partial charge >= 0.3 is 5.91 Å². The lowest BCUT2D eigenvalue weighted by molar-refractivity contribution is -0.596. The molecule has 1 aliphatic heterocycles. The van der Waals surface area contributed by atoms with Crippen LogP contribution in [-0.2, 0) is 4.79 Å². The molecule has 1 aliphatic rings. The summed E-state index contributed by atoms with van der Waals surface area (Å²) < 4.78 is 1.64. The molecule has 3 aromatic carbocycles. The Morgan fingerprint density at radius 3 is 2.29 bits per heavy atom. The molecule has 5 nitrogen and oxygen atoms in total. The average Bonchev–Trinajstić information content (AvgIpc) is 3.06. The van der Waals surface area contributed by atoms with Gasteiger partial charge in [-0.3, -0.25) is 9.59 Å². The normalized spacial score (nSPS) is 19.3. The van der Waals surface area contributed by atoms with Crippen LogP contribution in [0.1, 0.15) is 27.5 Å². The summed E-state index contributed by atoms with van der Waals surface area (Å²) in [5, 5.41) is 4.37. The molecule has 0 spiro atoms. The number of rotatable bonds is 4. The zero-order chi connectivity index (χ0) is 22.0. The average molecular weight is 474 g/mol. The second-order valence-corrected chi connectivity index (χ2v) is 8.27. The summed E-state index contributed by atoms with van der Waals surface area (Å²) in [6.07, 6.45) is 1.71. The van der Waals surface area contributed by atoms with Crippen molar-refractivity contribution in [2.45, 2.75) is 12.1 Å². The molecule has 0 bridgehead atoms. The molecule has 0 saturated carbocycles. The van der Waals surface area contributed by atoms with Gasteiger partial charge in [-0.05, 0) is 42.5 Å². The molecule has 0 unspecified atom stereocenters. The SMILES string of the molecule is O=C(N[C@H]1C(=O)N/[N+](=C\c2ccc(Cl)cc2Cl)[C@H]1c1ccc(Cl)cc1)c1ccccc1. The highest BCUT2D eigenvalue weighted by molar-refractivity contribution is 6.36. The monoisotopic (exact) mass is 472 g/mol. The first-order chi connectivity index (χ1) is 14.9. The molecule has 0 aliphatic carbocycles. The van der Waals surface area contributed by atoms with Gasteiger partial charge in [-0.1, -0.05) is 65.1 Å². The van der Waals surface area contributed by atoms with Crippen LogP contribution in [-0.4, -0.2) is 28.8 Å². The van der Waals surface area contributed by atoms with E-state index in [1.165, 1.54) is 0 Å². The van der Waals surface area contributed by atoms with E-state index in [2.05, 4.69) is 10.7 Å². The van der Waals surface area contributed by atoms with Gasteiger partial charge in [0.25, 0.3) is 5.91 Å². The van der Waals surface area contributed by atoms with Crippen LogP contribution < -0.4 is 10.7 Å². The molecule has 2 atom stereocenters. The number of benzene rings is 3. The molecular weight excluding hydrogens is 457 g/mol. The number of nitrogens with zero attached hydrogens (tertiary/aromatic N) is 1. The molecular formula is C23H17Cl3N3O2+. The lowest BCUT2D eigenvalue weighted by Crippen LogP contribution is -2.42. The van der Waals surface area contributed by atoms with Gasteiger partial charge in [0.15, 0.2) is 6.04 Å². The minimum absolute atomic E-state index is 0.342. The van der Waals surface area contributed by atoms with Crippen molar-refractivity contribution in [3.05, 3.63) is 105 Å². The number of nitrogens with one attached hydrogen (secondary N) is 2. The Balaban J connectivity index is 1.73. The van der Waals surface area contributed by atoms with E-state index in [9.17, 15) is 9.59 Å². The highest BCUT2D eigenvalue weighted by Gasteiger charge is 2.47. The van der Waals surface area contributed by atoms with E-state index >= 15 is 0 Å². The number of hydrogen-bond acceptors (Lipinski definition) is 2. The third kappa shape index (κ3) is 4.74. The summed E-state index contributed by atoms with van der Waals surface area (Å²) >= 11 is 18.4. The van der Waals surface area contributed by atoms with Crippen molar-refractivity contribution < 1.29 is 14.3 Å². The molecule has 2 N–H and O–H groups in total. The summed E-state index contributed by atoms with van der Waals surface area (Å²) in [4.78, 5) is 25.6. The van der Waals surface area contributed by atoms with Gasteiger partial charge in [-0.25, -0.2) is 0 Å². The third-order valence-electron chi connectivity index (χ3n) is 4.91. The fourth-order valence-corrected chi connectivity index (χ4v) is 3.99. The van der Waals surface area contributed by atoms with E-state index in [-0.39, 0.29) is 11.8 Å². The van der Waals surface area contributed by atoms with Gasteiger partial charge in [0.1, 0.15) is 0 Å². The van der Waals surface area contributed by atoms with Gasteiger partial charge < -0.3 is 5.32 Å². The van der Waals surface area contributed by atoms with E-state index in [0.717, 1.165) is 5.56 Å². The molecule has 4 rings (SSSR count). The Labute approximate surface area is 194 Å². The lowest BCUT2D eigenvalue weighted by Gasteiger charge is -2.15. The number of carbonyl (C=O) groups excluding carboxylic acids is 2. The fraction of sp³-hybridized carbons (Fsp3) is 0.0870. The summed E-state index contributed by atoms with van der Waals surface area (Å²) in [5.74, 6) is -0.684. The Kier molecular flexibility index (Phi) is 6.28. The second kappa shape index (κ2) is 9.10. The smallest absolute Gasteiger partial charge is 0.304 e. The first-order valence-corrected chi connectivity index (χ1v) is 10.6. The zero-order valence-electron chi connectivity index (χ0n) is 16.1. The first-order valence-electron chi connectivity index (χ1n) is 9.42. The van der Waals surface area contributed by atoms with Crippen molar-refractivity contribution in [3.63, 3.8) is 0 Å². The van der Waals surface area contributed by atoms with Crippen LogP contribution in [0.15, 0.2) is 72.8 Å². The minimum Gasteiger partial charge on any atom is -0.334 e. The highest BCUT2D eigenvalue weighted by atomic mass is 35.5. The summed E-state index contributed by atoms with van der Waals surface area (Å²) in [5.41, 5.74) is 4.74. The maximum Gasteiger partial charge on any atom is 0.304 e. The number of hydrazine groups is 1. The molecule has 0 radical (unpaired) electrons. The van der Waals surface area contributed by atoms with Crippen LogP contribution >= 0.6 is 34.8 Å². The number of amides is 2. The Morgan fingerprint density at radius 2 is 1.61 bits per heavy atom. The predicted octanol–water partition coefficient (Wildman–Crippen LogP) is 4.66. The molecule has 156 valence electrons. The van der Waals surface area contributed by atoms with Crippen LogP contribution in [0, 0.1) is 0 Å². The Bertz CT molecular complexity index is 1160. The van der Waals surface area contributed by atoms with Crippen LogP contribution in [0.4, 0.5) is 0 Å². The molecule has 1 heterocycles. The van der Waals surface area contributed by atoms with Crippen LogP contribution in [0.25, 0.3) is 0 Å². The van der Waals surface area contributed by atoms with Gasteiger partial charge in [-0.15, -0.1) is 10.1 Å². The van der Waals surface area contributed by atoms with Crippen molar-refractivity contribution in [2.75, 3.05) is 0 Å². The molecule has 1 fully saturated rings. The Hall–Kier alpha value is -2.86. The number of halogens is 3. The predicted molar refractivity (Wildman–Crippen MR) is 122 cm³/mol. The van der Waals surface area contributed by atoms with Crippen molar-refractivity contribution in [1.82, 2.24) is 10.7 Å². The summed E-state index contributed by atoms with van der Waals surface area (Å²) in [6, 6.07) is 19.6. The van der Waals surface area contributed by atoms with Crippen LogP contribution in [0.5, 0.6) is 0 Å². The molecule has 1 saturated heterocycles. The van der Waals surface area contributed by atoms with Gasteiger partial charge in [-0.2, -0.15) is 0 Å².